The van der Waals surface area contributed by atoms with Crippen LogP contribution in [-0.4, -0.2) is 30.9 Å². The van der Waals surface area contributed by atoms with Crippen LogP contribution in [0.4, 0.5) is 0 Å². The molecule has 1 aromatic carbocycles. The van der Waals surface area contributed by atoms with E-state index in [9.17, 15) is 0 Å². The van der Waals surface area contributed by atoms with Crippen molar-refractivity contribution in [3.05, 3.63) is 22.7 Å². The predicted octanol–water partition coefficient (Wildman–Crippen LogP) is 2.84. The number of benzene rings is 1. The summed E-state index contributed by atoms with van der Waals surface area (Å²) in [6, 6.07) is 3.69. The van der Waals surface area contributed by atoms with Gasteiger partial charge in [0.15, 0.2) is 11.5 Å². The Morgan fingerprint density at radius 1 is 1.28 bits per heavy atom. The minimum absolute atomic E-state index is 0.0614. The zero-order valence-electron chi connectivity index (χ0n) is 9.49. The predicted molar refractivity (Wildman–Crippen MR) is 69.2 cm³/mol. The van der Waals surface area contributed by atoms with E-state index in [4.69, 9.17) is 37.5 Å². The first kappa shape index (κ1) is 11.9. The molecule has 0 amide bonds. The molecule has 1 aromatic rings. The number of halogens is 2. The number of rotatable bonds is 2. The van der Waals surface area contributed by atoms with Crippen molar-refractivity contribution >= 4 is 28.9 Å². The van der Waals surface area contributed by atoms with Gasteiger partial charge in [0.05, 0.1) is 16.6 Å². The Labute approximate surface area is 114 Å². The monoisotopic (exact) mass is 287 g/mol. The van der Waals surface area contributed by atoms with Crippen LogP contribution in [0.1, 0.15) is 12.0 Å². The SMILES string of the molecule is ClCC1CC(c2cc(Cl)c3c(c2)OCCO3)=NO1. The topological polar surface area (TPSA) is 40.0 Å². The van der Waals surface area contributed by atoms with Crippen molar-refractivity contribution < 1.29 is 14.3 Å². The zero-order chi connectivity index (χ0) is 12.5. The molecule has 2 heterocycles. The standard InChI is InChI=1S/C12H11Cl2NO3/c13-6-8-5-10(15-18-8)7-3-9(14)12-11(4-7)16-1-2-17-12/h3-4,8H,1-2,5-6H2. The van der Waals surface area contributed by atoms with E-state index in [1.165, 1.54) is 0 Å². The molecule has 0 aliphatic carbocycles. The Bertz CT molecular complexity index is 504. The highest BCUT2D eigenvalue weighted by Gasteiger charge is 2.24. The molecular formula is C12H11Cl2NO3. The normalized spacial score (nSPS) is 21.4. The van der Waals surface area contributed by atoms with Crippen LogP contribution in [0.5, 0.6) is 11.5 Å². The quantitative estimate of drug-likeness (QED) is 0.786. The van der Waals surface area contributed by atoms with Gasteiger partial charge in [0.1, 0.15) is 19.3 Å². The molecule has 0 bridgehead atoms. The molecular weight excluding hydrogens is 277 g/mol. The third-order valence-electron chi connectivity index (χ3n) is 2.84. The molecule has 6 heteroatoms. The van der Waals surface area contributed by atoms with Gasteiger partial charge in [-0.3, -0.25) is 0 Å². The van der Waals surface area contributed by atoms with Gasteiger partial charge in [0.25, 0.3) is 0 Å². The van der Waals surface area contributed by atoms with E-state index < -0.39 is 0 Å². The number of hydrogen-bond acceptors (Lipinski definition) is 4. The van der Waals surface area contributed by atoms with Gasteiger partial charge in [0, 0.05) is 12.0 Å². The molecule has 0 fully saturated rings. The molecule has 2 aliphatic heterocycles. The fourth-order valence-corrected chi connectivity index (χ4v) is 2.39. The highest BCUT2D eigenvalue weighted by atomic mass is 35.5. The fraction of sp³-hybridized carbons (Fsp3) is 0.417. The number of ether oxygens (including phenoxy) is 2. The third-order valence-corrected chi connectivity index (χ3v) is 3.46. The van der Waals surface area contributed by atoms with Crippen molar-refractivity contribution in [2.24, 2.45) is 5.16 Å². The van der Waals surface area contributed by atoms with E-state index in [2.05, 4.69) is 5.16 Å². The second kappa shape index (κ2) is 4.86. The lowest BCUT2D eigenvalue weighted by molar-refractivity contribution is 0.102. The van der Waals surface area contributed by atoms with Crippen LogP contribution in [-0.2, 0) is 4.84 Å². The molecule has 18 heavy (non-hydrogen) atoms. The molecule has 0 N–H and O–H groups in total. The van der Waals surface area contributed by atoms with Crippen molar-refractivity contribution in [1.29, 1.82) is 0 Å². The van der Waals surface area contributed by atoms with Crippen molar-refractivity contribution in [3.63, 3.8) is 0 Å². The summed E-state index contributed by atoms with van der Waals surface area (Å²) >= 11 is 11.9. The van der Waals surface area contributed by atoms with Gasteiger partial charge in [-0.2, -0.15) is 0 Å². The lowest BCUT2D eigenvalue weighted by atomic mass is 10.0. The van der Waals surface area contributed by atoms with E-state index >= 15 is 0 Å². The Morgan fingerprint density at radius 2 is 2.11 bits per heavy atom. The molecule has 0 saturated carbocycles. The van der Waals surface area contributed by atoms with E-state index in [0.717, 1.165) is 11.3 Å². The van der Waals surface area contributed by atoms with Crippen molar-refractivity contribution in [2.45, 2.75) is 12.5 Å². The molecule has 3 rings (SSSR count). The van der Waals surface area contributed by atoms with Gasteiger partial charge in [-0.15, -0.1) is 11.6 Å². The Balaban J connectivity index is 1.92. The summed E-state index contributed by atoms with van der Waals surface area (Å²) in [6.07, 6.45) is 0.619. The van der Waals surface area contributed by atoms with Crippen LogP contribution < -0.4 is 9.47 Å². The Hall–Kier alpha value is -1.13. The first-order valence-corrected chi connectivity index (χ1v) is 6.57. The van der Waals surface area contributed by atoms with Gasteiger partial charge in [-0.1, -0.05) is 16.8 Å². The number of alkyl halides is 1. The summed E-state index contributed by atoms with van der Waals surface area (Å²) < 4.78 is 11.0. The van der Waals surface area contributed by atoms with Crippen LogP contribution in [0.25, 0.3) is 0 Å². The van der Waals surface area contributed by atoms with Gasteiger partial charge in [0.2, 0.25) is 0 Å². The zero-order valence-corrected chi connectivity index (χ0v) is 11.0. The minimum Gasteiger partial charge on any atom is -0.486 e. The summed E-state index contributed by atoms with van der Waals surface area (Å²) in [6.45, 7) is 1.05. The molecule has 0 spiro atoms. The van der Waals surface area contributed by atoms with Crippen LogP contribution in [0, 0.1) is 0 Å². The van der Waals surface area contributed by atoms with E-state index in [1.54, 1.807) is 0 Å². The number of nitrogens with zero attached hydrogens (tertiary/aromatic N) is 1. The van der Waals surface area contributed by atoms with Crippen molar-refractivity contribution in [1.82, 2.24) is 0 Å². The van der Waals surface area contributed by atoms with Crippen LogP contribution in [0.3, 0.4) is 0 Å². The van der Waals surface area contributed by atoms with Gasteiger partial charge in [-0.05, 0) is 12.1 Å². The first-order valence-electron chi connectivity index (χ1n) is 5.66. The molecule has 0 saturated heterocycles. The van der Waals surface area contributed by atoms with Crippen molar-refractivity contribution in [3.8, 4) is 11.5 Å². The molecule has 2 aliphatic rings. The van der Waals surface area contributed by atoms with E-state index in [-0.39, 0.29) is 6.10 Å². The van der Waals surface area contributed by atoms with Crippen molar-refractivity contribution in [2.75, 3.05) is 19.1 Å². The highest BCUT2D eigenvalue weighted by Crippen LogP contribution is 2.39. The van der Waals surface area contributed by atoms with Crippen LogP contribution >= 0.6 is 23.2 Å². The maximum atomic E-state index is 6.17. The number of fused-ring (bicyclic) bond motifs is 1. The lowest BCUT2D eigenvalue weighted by Gasteiger charge is -2.20. The highest BCUT2D eigenvalue weighted by molar-refractivity contribution is 6.32. The van der Waals surface area contributed by atoms with Gasteiger partial charge >= 0.3 is 0 Å². The summed E-state index contributed by atoms with van der Waals surface area (Å²) in [5, 5.41) is 4.55. The summed E-state index contributed by atoms with van der Waals surface area (Å²) in [5.74, 6) is 1.67. The molecule has 0 aromatic heterocycles. The maximum Gasteiger partial charge on any atom is 0.179 e. The molecule has 1 atom stereocenters. The van der Waals surface area contributed by atoms with E-state index in [1.807, 2.05) is 12.1 Å². The molecule has 4 nitrogen and oxygen atoms in total. The van der Waals surface area contributed by atoms with Gasteiger partial charge < -0.3 is 14.3 Å². The second-order valence-electron chi connectivity index (χ2n) is 4.11. The molecule has 96 valence electrons. The smallest absolute Gasteiger partial charge is 0.179 e. The summed E-state index contributed by atoms with van der Waals surface area (Å²) in [5.41, 5.74) is 1.72. The largest absolute Gasteiger partial charge is 0.486 e. The Kier molecular flexibility index (Phi) is 3.22. The Morgan fingerprint density at radius 3 is 2.89 bits per heavy atom. The van der Waals surface area contributed by atoms with Crippen LogP contribution in [0.2, 0.25) is 5.02 Å². The van der Waals surface area contributed by atoms with Crippen LogP contribution in [0.15, 0.2) is 17.3 Å². The second-order valence-corrected chi connectivity index (χ2v) is 4.82. The average molecular weight is 288 g/mol. The summed E-state index contributed by atoms with van der Waals surface area (Å²) in [4.78, 5) is 5.19. The number of hydrogen-bond donors (Lipinski definition) is 0. The van der Waals surface area contributed by atoms with Gasteiger partial charge in [-0.25, -0.2) is 0 Å². The average Bonchev–Trinajstić information content (AvgIpc) is 2.87. The molecule has 1 unspecified atom stereocenters. The minimum atomic E-state index is -0.0614. The maximum absolute atomic E-state index is 6.17. The lowest BCUT2D eigenvalue weighted by Crippen LogP contribution is -2.16. The van der Waals surface area contributed by atoms with E-state index in [0.29, 0.717) is 42.0 Å². The third kappa shape index (κ3) is 2.10. The number of oxime groups is 1. The molecule has 0 radical (unpaired) electrons. The first-order chi connectivity index (χ1) is 8.78. The summed E-state index contributed by atoms with van der Waals surface area (Å²) in [7, 11) is 0. The fourth-order valence-electron chi connectivity index (χ4n) is 1.96.